The SMILES string of the molecule is CCOC(OCC)C(O)Cc1ccc(OC)c(F)c1. The molecule has 1 aromatic carbocycles. The number of rotatable bonds is 8. The van der Waals surface area contributed by atoms with E-state index in [1.807, 2.05) is 13.8 Å². The van der Waals surface area contributed by atoms with Crippen molar-refractivity contribution in [2.75, 3.05) is 20.3 Å². The van der Waals surface area contributed by atoms with Crippen LogP contribution in [0.4, 0.5) is 4.39 Å². The number of halogens is 1. The molecule has 0 fully saturated rings. The zero-order chi connectivity index (χ0) is 14.3. The molecule has 1 unspecified atom stereocenters. The second-order valence-electron chi connectivity index (χ2n) is 4.02. The first-order valence-corrected chi connectivity index (χ1v) is 6.36. The fourth-order valence-electron chi connectivity index (χ4n) is 1.77. The Morgan fingerprint density at radius 1 is 1.21 bits per heavy atom. The summed E-state index contributed by atoms with van der Waals surface area (Å²) in [5.41, 5.74) is 0.662. The summed E-state index contributed by atoms with van der Waals surface area (Å²) in [5.74, 6) is -0.263. The molecule has 0 bridgehead atoms. The molecule has 0 saturated heterocycles. The van der Waals surface area contributed by atoms with Gasteiger partial charge in [0.15, 0.2) is 17.9 Å². The third-order valence-electron chi connectivity index (χ3n) is 2.64. The van der Waals surface area contributed by atoms with Gasteiger partial charge in [0.2, 0.25) is 0 Å². The van der Waals surface area contributed by atoms with Gasteiger partial charge in [0, 0.05) is 19.6 Å². The van der Waals surface area contributed by atoms with E-state index in [4.69, 9.17) is 14.2 Å². The fourth-order valence-corrected chi connectivity index (χ4v) is 1.77. The zero-order valence-electron chi connectivity index (χ0n) is 11.6. The van der Waals surface area contributed by atoms with Crippen molar-refractivity contribution in [2.24, 2.45) is 0 Å². The van der Waals surface area contributed by atoms with Crippen molar-refractivity contribution in [2.45, 2.75) is 32.7 Å². The molecular formula is C14H21FO4. The summed E-state index contributed by atoms with van der Waals surface area (Å²) in [5, 5.41) is 10.0. The number of aliphatic hydroxyl groups excluding tert-OH is 1. The standard InChI is InChI=1S/C14H21FO4/c1-4-18-14(19-5-2)12(16)9-10-6-7-13(17-3)11(15)8-10/h6-8,12,14,16H,4-5,9H2,1-3H3. The van der Waals surface area contributed by atoms with Gasteiger partial charge in [-0.05, 0) is 31.5 Å². The lowest BCUT2D eigenvalue weighted by molar-refractivity contribution is -0.188. The molecule has 0 aliphatic rings. The van der Waals surface area contributed by atoms with Crippen molar-refractivity contribution in [3.8, 4) is 5.75 Å². The quantitative estimate of drug-likeness (QED) is 0.737. The van der Waals surface area contributed by atoms with E-state index in [2.05, 4.69) is 0 Å². The Morgan fingerprint density at radius 2 is 1.84 bits per heavy atom. The van der Waals surface area contributed by atoms with E-state index in [0.29, 0.717) is 18.8 Å². The van der Waals surface area contributed by atoms with E-state index in [0.717, 1.165) is 0 Å². The first kappa shape index (κ1) is 15.9. The lowest BCUT2D eigenvalue weighted by atomic mass is 10.1. The molecule has 108 valence electrons. The molecule has 19 heavy (non-hydrogen) atoms. The predicted octanol–water partition coefficient (Wildman–Crippen LogP) is 2.14. The second-order valence-corrected chi connectivity index (χ2v) is 4.02. The molecule has 0 saturated carbocycles. The number of aliphatic hydroxyl groups is 1. The highest BCUT2D eigenvalue weighted by molar-refractivity contribution is 5.29. The van der Waals surface area contributed by atoms with E-state index in [1.54, 1.807) is 6.07 Å². The summed E-state index contributed by atoms with van der Waals surface area (Å²) in [4.78, 5) is 0. The molecule has 1 atom stereocenters. The third-order valence-corrected chi connectivity index (χ3v) is 2.64. The van der Waals surface area contributed by atoms with E-state index < -0.39 is 18.2 Å². The largest absolute Gasteiger partial charge is 0.494 e. The second kappa shape index (κ2) is 8.09. The van der Waals surface area contributed by atoms with Crippen LogP contribution in [0, 0.1) is 5.82 Å². The number of methoxy groups -OCH3 is 1. The molecule has 0 aromatic heterocycles. The Labute approximate surface area is 113 Å². The number of benzene rings is 1. The summed E-state index contributed by atoms with van der Waals surface area (Å²) >= 11 is 0. The highest BCUT2D eigenvalue weighted by Crippen LogP contribution is 2.19. The molecule has 4 nitrogen and oxygen atoms in total. The maximum Gasteiger partial charge on any atom is 0.183 e. The number of hydrogen-bond donors (Lipinski definition) is 1. The minimum atomic E-state index is -0.840. The maximum absolute atomic E-state index is 13.5. The Hall–Kier alpha value is -1.17. The van der Waals surface area contributed by atoms with Crippen LogP contribution in [0.3, 0.4) is 0 Å². The first-order valence-electron chi connectivity index (χ1n) is 6.36. The lowest BCUT2D eigenvalue weighted by Crippen LogP contribution is -2.33. The van der Waals surface area contributed by atoms with Crippen LogP contribution in [0.1, 0.15) is 19.4 Å². The van der Waals surface area contributed by atoms with E-state index >= 15 is 0 Å². The third kappa shape index (κ3) is 4.78. The van der Waals surface area contributed by atoms with Crippen LogP contribution in [-0.4, -0.2) is 37.8 Å². The van der Waals surface area contributed by atoms with E-state index in [1.165, 1.54) is 19.2 Å². The topological polar surface area (TPSA) is 47.9 Å². The predicted molar refractivity (Wildman–Crippen MR) is 69.7 cm³/mol. The van der Waals surface area contributed by atoms with Crippen LogP contribution in [0.15, 0.2) is 18.2 Å². The Morgan fingerprint density at radius 3 is 2.32 bits per heavy atom. The zero-order valence-corrected chi connectivity index (χ0v) is 11.6. The summed E-state index contributed by atoms with van der Waals surface area (Å²) in [6.07, 6.45) is -1.28. The summed E-state index contributed by atoms with van der Waals surface area (Å²) < 4.78 is 29.0. The molecule has 1 aromatic rings. The summed E-state index contributed by atoms with van der Waals surface area (Å²) in [6, 6.07) is 4.59. The molecule has 0 heterocycles. The monoisotopic (exact) mass is 272 g/mol. The first-order chi connectivity index (χ1) is 9.12. The van der Waals surface area contributed by atoms with Crippen molar-refractivity contribution >= 4 is 0 Å². The lowest BCUT2D eigenvalue weighted by Gasteiger charge is -2.22. The fraction of sp³-hybridized carbons (Fsp3) is 0.571. The van der Waals surface area contributed by atoms with Gasteiger partial charge in [-0.25, -0.2) is 4.39 Å². The highest BCUT2D eigenvalue weighted by atomic mass is 19.1. The molecule has 5 heteroatoms. The maximum atomic E-state index is 13.5. The van der Waals surface area contributed by atoms with Gasteiger partial charge in [-0.3, -0.25) is 0 Å². The van der Waals surface area contributed by atoms with Gasteiger partial charge >= 0.3 is 0 Å². The number of ether oxygens (including phenoxy) is 3. The molecule has 0 aliphatic carbocycles. The van der Waals surface area contributed by atoms with E-state index in [-0.39, 0.29) is 12.2 Å². The molecule has 0 radical (unpaired) electrons. The van der Waals surface area contributed by atoms with Crippen molar-refractivity contribution in [3.05, 3.63) is 29.6 Å². The average Bonchev–Trinajstić information content (AvgIpc) is 2.38. The molecule has 1 rings (SSSR count). The van der Waals surface area contributed by atoms with Crippen molar-refractivity contribution in [3.63, 3.8) is 0 Å². The Bertz CT molecular complexity index is 378. The van der Waals surface area contributed by atoms with Crippen LogP contribution in [0.2, 0.25) is 0 Å². The van der Waals surface area contributed by atoms with Crippen LogP contribution < -0.4 is 4.74 Å². The minimum Gasteiger partial charge on any atom is -0.494 e. The smallest absolute Gasteiger partial charge is 0.183 e. The van der Waals surface area contributed by atoms with Crippen molar-refractivity contribution in [1.82, 2.24) is 0 Å². The number of hydrogen-bond acceptors (Lipinski definition) is 4. The van der Waals surface area contributed by atoms with Gasteiger partial charge in [0.05, 0.1) is 7.11 Å². The Balaban J connectivity index is 2.68. The normalized spacial score (nSPS) is 12.7. The van der Waals surface area contributed by atoms with Gasteiger partial charge in [0.25, 0.3) is 0 Å². The van der Waals surface area contributed by atoms with Crippen LogP contribution in [-0.2, 0) is 15.9 Å². The van der Waals surface area contributed by atoms with Gasteiger partial charge in [-0.15, -0.1) is 0 Å². The minimum absolute atomic E-state index is 0.185. The van der Waals surface area contributed by atoms with Crippen molar-refractivity contribution in [1.29, 1.82) is 0 Å². The molecule has 0 aliphatic heterocycles. The highest BCUT2D eigenvalue weighted by Gasteiger charge is 2.20. The van der Waals surface area contributed by atoms with Crippen LogP contribution in [0.5, 0.6) is 5.75 Å². The van der Waals surface area contributed by atoms with Crippen molar-refractivity contribution < 1.29 is 23.7 Å². The van der Waals surface area contributed by atoms with Crippen LogP contribution in [0.25, 0.3) is 0 Å². The van der Waals surface area contributed by atoms with Gasteiger partial charge in [0.1, 0.15) is 6.10 Å². The van der Waals surface area contributed by atoms with Crippen LogP contribution >= 0.6 is 0 Å². The molecular weight excluding hydrogens is 251 g/mol. The van der Waals surface area contributed by atoms with Gasteiger partial charge in [-0.1, -0.05) is 6.07 Å². The Kier molecular flexibility index (Phi) is 6.77. The molecule has 1 N–H and O–H groups in total. The van der Waals surface area contributed by atoms with Gasteiger partial charge < -0.3 is 19.3 Å². The average molecular weight is 272 g/mol. The summed E-state index contributed by atoms with van der Waals surface area (Å²) in [6.45, 7) is 4.54. The molecule has 0 amide bonds. The van der Waals surface area contributed by atoms with E-state index in [9.17, 15) is 9.50 Å². The summed E-state index contributed by atoms with van der Waals surface area (Å²) in [7, 11) is 1.41. The van der Waals surface area contributed by atoms with Gasteiger partial charge in [-0.2, -0.15) is 0 Å². The molecule has 0 spiro atoms.